The maximum Gasteiger partial charge on any atom is 0.315 e. The number of carbonyl (C=O) groups is 1. The van der Waals surface area contributed by atoms with Crippen molar-refractivity contribution in [1.82, 2.24) is 10.6 Å². The molecule has 0 aromatic carbocycles. The zero-order valence-electron chi connectivity index (χ0n) is 8.17. The summed E-state index contributed by atoms with van der Waals surface area (Å²) in [5.41, 5.74) is 0. The van der Waals surface area contributed by atoms with Gasteiger partial charge in [-0.2, -0.15) is 0 Å². The van der Waals surface area contributed by atoms with E-state index in [0.29, 0.717) is 19.6 Å². The summed E-state index contributed by atoms with van der Waals surface area (Å²) in [5.74, 6) is 0. The Bertz CT molecular complexity index is 137. The highest BCUT2D eigenvalue weighted by molar-refractivity contribution is 5.74. The van der Waals surface area contributed by atoms with Crippen LogP contribution in [0.15, 0.2) is 0 Å². The van der Waals surface area contributed by atoms with E-state index >= 15 is 0 Å². The van der Waals surface area contributed by atoms with Crippen LogP contribution in [0.1, 0.15) is 13.3 Å². The first-order chi connectivity index (χ1) is 6.24. The lowest BCUT2D eigenvalue weighted by Gasteiger charge is -2.14. The predicted octanol–water partition coefficient (Wildman–Crippen LogP) is -0.297. The lowest BCUT2D eigenvalue weighted by atomic mass is 10.2. The standard InChI is InChI=1S/C8H18N2O3/c1-3-7(6-11)10-8(12)9-4-5-13-2/h7,11H,3-6H2,1-2H3,(H2,9,10,12). The zero-order valence-corrected chi connectivity index (χ0v) is 8.17. The van der Waals surface area contributed by atoms with Crippen LogP contribution in [0.25, 0.3) is 0 Å². The monoisotopic (exact) mass is 190 g/mol. The molecule has 0 aliphatic rings. The van der Waals surface area contributed by atoms with Crippen LogP contribution < -0.4 is 10.6 Å². The van der Waals surface area contributed by atoms with Gasteiger partial charge in [0.15, 0.2) is 0 Å². The highest BCUT2D eigenvalue weighted by Gasteiger charge is 2.07. The molecule has 0 bridgehead atoms. The van der Waals surface area contributed by atoms with E-state index in [2.05, 4.69) is 10.6 Å². The maximum absolute atomic E-state index is 11.1. The van der Waals surface area contributed by atoms with Crippen LogP contribution in [0.4, 0.5) is 4.79 Å². The molecule has 78 valence electrons. The van der Waals surface area contributed by atoms with Gasteiger partial charge in [-0.15, -0.1) is 0 Å². The third-order valence-electron chi connectivity index (χ3n) is 1.64. The maximum atomic E-state index is 11.1. The smallest absolute Gasteiger partial charge is 0.315 e. The summed E-state index contributed by atoms with van der Waals surface area (Å²) in [4.78, 5) is 11.1. The van der Waals surface area contributed by atoms with E-state index in [1.807, 2.05) is 6.92 Å². The second kappa shape index (κ2) is 7.82. The van der Waals surface area contributed by atoms with Gasteiger partial charge in [0.25, 0.3) is 0 Å². The van der Waals surface area contributed by atoms with E-state index < -0.39 is 0 Å². The van der Waals surface area contributed by atoms with E-state index in [1.165, 1.54) is 0 Å². The van der Waals surface area contributed by atoms with Crippen molar-refractivity contribution in [2.45, 2.75) is 19.4 Å². The highest BCUT2D eigenvalue weighted by Crippen LogP contribution is 1.87. The summed E-state index contributed by atoms with van der Waals surface area (Å²) < 4.78 is 4.76. The summed E-state index contributed by atoms with van der Waals surface area (Å²) >= 11 is 0. The number of urea groups is 1. The molecule has 0 aliphatic heterocycles. The van der Waals surface area contributed by atoms with Crippen molar-refractivity contribution < 1.29 is 14.6 Å². The predicted molar refractivity (Wildman–Crippen MR) is 49.6 cm³/mol. The molecule has 0 radical (unpaired) electrons. The van der Waals surface area contributed by atoms with Gasteiger partial charge in [0.2, 0.25) is 0 Å². The Morgan fingerprint density at radius 2 is 2.31 bits per heavy atom. The van der Waals surface area contributed by atoms with Gasteiger partial charge in [-0.05, 0) is 6.42 Å². The van der Waals surface area contributed by atoms with Crippen LogP contribution in [-0.2, 0) is 4.74 Å². The fraction of sp³-hybridized carbons (Fsp3) is 0.875. The fourth-order valence-corrected chi connectivity index (χ4v) is 0.780. The van der Waals surface area contributed by atoms with Gasteiger partial charge in [0.05, 0.1) is 19.3 Å². The molecule has 2 amide bonds. The molecule has 5 heteroatoms. The molecule has 1 atom stereocenters. The van der Waals surface area contributed by atoms with Crippen molar-refractivity contribution in [3.05, 3.63) is 0 Å². The summed E-state index contributed by atoms with van der Waals surface area (Å²) in [6.07, 6.45) is 0.716. The van der Waals surface area contributed by atoms with Crippen LogP contribution in [0.2, 0.25) is 0 Å². The minimum absolute atomic E-state index is 0.0335. The van der Waals surface area contributed by atoms with E-state index in [9.17, 15) is 4.79 Å². The minimum atomic E-state index is -0.266. The SMILES string of the molecule is CCC(CO)NC(=O)NCCOC. The Balaban J connectivity index is 3.48. The number of carbonyl (C=O) groups excluding carboxylic acids is 1. The average Bonchev–Trinajstić information content (AvgIpc) is 2.14. The van der Waals surface area contributed by atoms with Crippen molar-refractivity contribution in [3.8, 4) is 0 Å². The summed E-state index contributed by atoms with van der Waals surface area (Å²) in [7, 11) is 1.57. The Kier molecular flexibility index (Phi) is 7.33. The summed E-state index contributed by atoms with van der Waals surface area (Å²) in [6, 6.07) is -0.430. The number of methoxy groups -OCH3 is 1. The second-order valence-electron chi connectivity index (χ2n) is 2.68. The number of hydrogen-bond acceptors (Lipinski definition) is 3. The van der Waals surface area contributed by atoms with Gasteiger partial charge in [-0.3, -0.25) is 0 Å². The van der Waals surface area contributed by atoms with Gasteiger partial charge >= 0.3 is 6.03 Å². The Hall–Kier alpha value is -0.810. The van der Waals surface area contributed by atoms with E-state index in [1.54, 1.807) is 7.11 Å². The molecule has 5 nitrogen and oxygen atoms in total. The number of ether oxygens (including phenoxy) is 1. The van der Waals surface area contributed by atoms with Crippen molar-refractivity contribution >= 4 is 6.03 Å². The molecule has 0 spiro atoms. The first kappa shape index (κ1) is 12.2. The van der Waals surface area contributed by atoms with Crippen molar-refractivity contribution in [2.75, 3.05) is 26.9 Å². The molecule has 0 rings (SSSR count). The Morgan fingerprint density at radius 3 is 2.77 bits per heavy atom. The third kappa shape index (κ3) is 6.36. The average molecular weight is 190 g/mol. The Labute approximate surface area is 78.5 Å². The van der Waals surface area contributed by atoms with E-state index in [-0.39, 0.29) is 18.7 Å². The first-order valence-electron chi connectivity index (χ1n) is 4.38. The largest absolute Gasteiger partial charge is 0.394 e. The molecule has 0 saturated carbocycles. The molecule has 13 heavy (non-hydrogen) atoms. The van der Waals surface area contributed by atoms with Crippen LogP contribution in [-0.4, -0.2) is 44.0 Å². The second-order valence-corrected chi connectivity index (χ2v) is 2.68. The quantitative estimate of drug-likeness (QED) is 0.504. The number of aliphatic hydroxyl groups is 1. The molecular weight excluding hydrogens is 172 g/mol. The van der Waals surface area contributed by atoms with Crippen LogP contribution in [0.5, 0.6) is 0 Å². The van der Waals surface area contributed by atoms with Gasteiger partial charge in [0.1, 0.15) is 0 Å². The molecular formula is C8H18N2O3. The fourth-order valence-electron chi connectivity index (χ4n) is 0.780. The van der Waals surface area contributed by atoms with Crippen LogP contribution in [0, 0.1) is 0 Å². The lowest BCUT2D eigenvalue weighted by Crippen LogP contribution is -2.44. The summed E-state index contributed by atoms with van der Waals surface area (Å²) in [5, 5.41) is 14.0. The molecule has 0 heterocycles. The number of aliphatic hydroxyl groups excluding tert-OH is 1. The number of nitrogens with one attached hydrogen (secondary N) is 2. The topological polar surface area (TPSA) is 70.6 Å². The van der Waals surface area contributed by atoms with Crippen LogP contribution >= 0.6 is 0 Å². The molecule has 3 N–H and O–H groups in total. The number of rotatable bonds is 6. The van der Waals surface area contributed by atoms with Crippen molar-refractivity contribution in [3.63, 3.8) is 0 Å². The minimum Gasteiger partial charge on any atom is -0.394 e. The third-order valence-corrected chi connectivity index (χ3v) is 1.64. The van der Waals surface area contributed by atoms with Crippen LogP contribution in [0.3, 0.4) is 0 Å². The molecule has 0 saturated heterocycles. The van der Waals surface area contributed by atoms with Gasteiger partial charge in [-0.1, -0.05) is 6.92 Å². The number of hydrogen-bond donors (Lipinski definition) is 3. The van der Waals surface area contributed by atoms with Crippen molar-refractivity contribution in [1.29, 1.82) is 0 Å². The van der Waals surface area contributed by atoms with Gasteiger partial charge in [0, 0.05) is 13.7 Å². The normalized spacial score (nSPS) is 12.2. The highest BCUT2D eigenvalue weighted by atomic mass is 16.5. The molecule has 0 fully saturated rings. The first-order valence-corrected chi connectivity index (χ1v) is 4.38. The van der Waals surface area contributed by atoms with Crippen molar-refractivity contribution in [2.24, 2.45) is 0 Å². The summed E-state index contributed by atoms with van der Waals surface area (Å²) in [6.45, 7) is 2.83. The molecule has 0 aliphatic carbocycles. The van der Waals surface area contributed by atoms with Gasteiger partial charge < -0.3 is 20.5 Å². The molecule has 0 aromatic heterocycles. The van der Waals surface area contributed by atoms with E-state index in [0.717, 1.165) is 0 Å². The molecule has 1 unspecified atom stereocenters. The zero-order chi connectivity index (χ0) is 10.1. The lowest BCUT2D eigenvalue weighted by molar-refractivity contribution is 0.191. The molecule has 0 aromatic rings. The van der Waals surface area contributed by atoms with E-state index in [4.69, 9.17) is 9.84 Å². The number of amides is 2. The van der Waals surface area contributed by atoms with Gasteiger partial charge in [-0.25, -0.2) is 4.79 Å². The Morgan fingerprint density at radius 1 is 1.62 bits per heavy atom.